The average Bonchev–Trinajstić information content (AvgIpc) is 2.86. The molecule has 1 saturated carbocycles. The normalized spacial score (nSPS) is 17.8. The van der Waals surface area contributed by atoms with Crippen molar-refractivity contribution in [1.29, 1.82) is 0 Å². The average molecular weight is 536 g/mol. The molecule has 1 atom stereocenters. The molecule has 3 aromatic rings. The number of hydrogen-bond acceptors (Lipinski definition) is 7. The Morgan fingerprint density at radius 3 is 2.54 bits per heavy atom. The number of carbonyl (C=O) groups is 1. The van der Waals surface area contributed by atoms with Crippen LogP contribution in [0.25, 0.3) is 10.9 Å². The maximum absolute atomic E-state index is 13.3. The highest BCUT2D eigenvalue weighted by Crippen LogP contribution is 2.30. The molecule has 1 amide bonds. The van der Waals surface area contributed by atoms with Crippen molar-refractivity contribution < 1.29 is 27.4 Å². The largest absolute Gasteiger partial charge is 0.474 e. The summed E-state index contributed by atoms with van der Waals surface area (Å²) in [5.74, 6) is -1.13. The second kappa shape index (κ2) is 10.8. The zero-order valence-electron chi connectivity index (χ0n) is 19.8. The number of alkyl halides is 3. The number of halogens is 4. The van der Waals surface area contributed by atoms with Gasteiger partial charge in [0.1, 0.15) is 6.10 Å². The predicted molar refractivity (Wildman–Crippen MR) is 130 cm³/mol. The van der Waals surface area contributed by atoms with E-state index in [1.807, 2.05) is 4.90 Å². The highest BCUT2D eigenvalue weighted by atomic mass is 35.5. The van der Waals surface area contributed by atoms with Crippen molar-refractivity contribution in [2.45, 2.75) is 37.6 Å². The topological polar surface area (TPSA) is 89.5 Å². The summed E-state index contributed by atoms with van der Waals surface area (Å²) in [5, 5.41) is 3.73. The summed E-state index contributed by atoms with van der Waals surface area (Å²) in [7, 11) is 0. The monoisotopic (exact) mass is 535 g/mol. The van der Waals surface area contributed by atoms with Crippen LogP contribution in [0.15, 0.2) is 36.7 Å². The van der Waals surface area contributed by atoms with Crippen molar-refractivity contribution in [1.82, 2.24) is 25.2 Å². The van der Waals surface area contributed by atoms with Crippen molar-refractivity contribution >= 4 is 28.4 Å². The van der Waals surface area contributed by atoms with E-state index in [0.29, 0.717) is 48.6 Å². The first-order valence-corrected chi connectivity index (χ1v) is 12.4. The molecule has 196 valence electrons. The van der Waals surface area contributed by atoms with Crippen LogP contribution >= 0.6 is 11.6 Å². The van der Waals surface area contributed by atoms with Crippen LogP contribution in [0.1, 0.15) is 47.1 Å². The smallest absolute Gasteiger partial charge is 0.451 e. The molecule has 1 saturated heterocycles. The number of fused-ring (bicyclic) bond motifs is 1. The Kier molecular flexibility index (Phi) is 7.45. The van der Waals surface area contributed by atoms with Gasteiger partial charge in [-0.2, -0.15) is 13.2 Å². The summed E-state index contributed by atoms with van der Waals surface area (Å²) >= 11 is 6.42. The lowest BCUT2D eigenvalue weighted by Gasteiger charge is -2.34. The summed E-state index contributed by atoms with van der Waals surface area (Å²) in [4.78, 5) is 26.9. The van der Waals surface area contributed by atoms with Gasteiger partial charge in [-0.05, 0) is 37.5 Å². The van der Waals surface area contributed by atoms with Crippen LogP contribution in [0.4, 0.5) is 13.2 Å². The molecule has 8 nitrogen and oxygen atoms in total. The molecule has 2 fully saturated rings. The Labute approximate surface area is 216 Å². The van der Waals surface area contributed by atoms with Gasteiger partial charge in [0, 0.05) is 49.0 Å². The maximum atomic E-state index is 13.3. The van der Waals surface area contributed by atoms with E-state index in [9.17, 15) is 18.0 Å². The highest BCUT2D eigenvalue weighted by Gasteiger charge is 2.35. The standard InChI is InChI=1S/C25H25ClF3N5O3/c26-18-5-6-19-17(4-7-21(33-19)37-16-2-1-3-16)22(18)23(35)30-14-20(34-8-10-36-11-9-34)15-12-31-24(32-13-15)25(27,28)29/h4-7,12-13,16,20H,1-3,8-11,14H2,(H,30,35). The Morgan fingerprint density at radius 1 is 1.16 bits per heavy atom. The fraction of sp³-hybridized carbons (Fsp3) is 0.440. The Hall–Kier alpha value is -3.02. The molecule has 1 unspecified atom stereocenters. The van der Waals surface area contributed by atoms with Crippen molar-refractivity contribution in [2.75, 3.05) is 32.8 Å². The van der Waals surface area contributed by atoms with E-state index >= 15 is 0 Å². The molecule has 2 aromatic heterocycles. The molecule has 0 radical (unpaired) electrons. The molecule has 1 aliphatic heterocycles. The van der Waals surface area contributed by atoms with Gasteiger partial charge in [-0.3, -0.25) is 9.69 Å². The number of nitrogens with one attached hydrogen (secondary N) is 1. The quantitative estimate of drug-likeness (QED) is 0.478. The van der Waals surface area contributed by atoms with Gasteiger partial charge in [-0.1, -0.05) is 11.6 Å². The van der Waals surface area contributed by atoms with Gasteiger partial charge in [-0.25, -0.2) is 15.0 Å². The van der Waals surface area contributed by atoms with E-state index in [1.165, 1.54) is 0 Å². The lowest BCUT2D eigenvalue weighted by molar-refractivity contribution is -0.145. The van der Waals surface area contributed by atoms with E-state index in [0.717, 1.165) is 31.7 Å². The summed E-state index contributed by atoms with van der Waals surface area (Å²) in [6, 6.07) is 6.38. The molecule has 12 heteroatoms. The van der Waals surface area contributed by atoms with Crippen LogP contribution in [0, 0.1) is 0 Å². The Morgan fingerprint density at radius 2 is 1.89 bits per heavy atom. The number of morpholine rings is 1. The Bertz CT molecular complexity index is 1260. The lowest BCUT2D eigenvalue weighted by atomic mass is 9.96. The zero-order valence-corrected chi connectivity index (χ0v) is 20.6. The first-order chi connectivity index (χ1) is 17.8. The number of aromatic nitrogens is 3. The summed E-state index contributed by atoms with van der Waals surface area (Å²) in [6.07, 6.45) is 0.989. The Balaban J connectivity index is 1.36. The van der Waals surface area contributed by atoms with Gasteiger partial charge >= 0.3 is 6.18 Å². The van der Waals surface area contributed by atoms with Gasteiger partial charge in [0.15, 0.2) is 0 Å². The van der Waals surface area contributed by atoms with Crippen molar-refractivity contribution in [3.8, 4) is 5.88 Å². The molecule has 1 aliphatic carbocycles. The summed E-state index contributed by atoms with van der Waals surface area (Å²) in [5.41, 5.74) is 1.30. The zero-order chi connectivity index (χ0) is 26.0. The fourth-order valence-electron chi connectivity index (χ4n) is 4.40. The number of ether oxygens (including phenoxy) is 2. The minimum Gasteiger partial charge on any atom is -0.474 e. The predicted octanol–water partition coefficient (Wildman–Crippen LogP) is 4.43. The van der Waals surface area contributed by atoms with Crippen LogP contribution in [-0.2, 0) is 10.9 Å². The van der Waals surface area contributed by atoms with Crippen molar-refractivity contribution in [3.05, 3.63) is 58.6 Å². The molecule has 1 N–H and O–H groups in total. The molecule has 0 bridgehead atoms. The number of benzene rings is 1. The third kappa shape index (κ3) is 5.78. The molecular weight excluding hydrogens is 511 g/mol. The molecular formula is C25H25ClF3N5O3. The van der Waals surface area contributed by atoms with E-state index < -0.39 is 23.9 Å². The minimum atomic E-state index is -4.64. The highest BCUT2D eigenvalue weighted by molar-refractivity contribution is 6.35. The molecule has 1 aromatic carbocycles. The molecule has 37 heavy (non-hydrogen) atoms. The number of carbonyl (C=O) groups excluding carboxylic acids is 1. The van der Waals surface area contributed by atoms with Crippen LogP contribution in [0.5, 0.6) is 5.88 Å². The van der Waals surface area contributed by atoms with E-state index in [-0.39, 0.29) is 23.2 Å². The number of nitrogens with zero attached hydrogens (tertiary/aromatic N) is 4. The second-order valence-corrected chi connectivity index (χ2v) is 9.43. The molecule has 2 aliphatic rings. The van der Waals surface area contributed by atoms with E-state index in [1.54, 1.807) is 24.3 Å². The SMILES string of the molecule is O=C(NCC(c1cnc(C(F)(F)F)nc1)N1CCOCC1)c1c(Cl)ccc2nc(OC3CCC3)ccc12. The maximum Gasteiger partial charge on any atom is 0.451 e. The van der Waals surface area contributed by atoms with Crippen LogP contribution in [0.2, 0.25) is 5.02 Å². The number of pyridine rings is 1. The van der Waals surface area contributed by atoms with E-state index in [2.05, 4.69) is 20.3 Å². The number of amides is 1. The molecule has 5 rings (SSSR count). The van der Waals surface area contributed by atoms with E-state index in [4.69, 9.17) is 21.1 Å². The van der Waals surface area contributed by atoms with Crippen molar-refractivity contribution in [2.24, 2.45) is 0 Å². The van der Waals surface area contributed by atoms with Gasteiger partial charge in [-0.15, -0.1) is 0 Å². The first kappa shape index (κ1) is 25.6. The third-order valence-electron chi connectivity index (χ3n) is 6.61. The molecule has 0 spiro atoms. The van der Waals surface area contributed by atoms with Crippen LogP contribution in [0.3, 0.4) is 0 Å². The van der Waals surface area contributed by atoms with Gasteiger partial charge in [0.05, 0.1) is 35.4 Å². The van der Waals surface area contributed by atoms with Crippen LogP contribution < -0.4 is 10.1 Å². The minimum absolute atomic E-state index is 0.108. The summed E-state index contributed by atoms with van der Waals surface area (Å²) < 4.78 is 50.1. The van der Waals surface area contributed by atoms with Gasteiger partial charge < -0.3 is 14.8 Å². The van der Waals surface area contributed by atoms with Crippen LogP contribution in [-0.4, -0.2) is 64.7 Å². The van der Waals surface area contributed by atoms with Gasteiger partial charge in [0.25, 0.3) is 5.91 Å². The number of rotatable bonds is 7. The van der Waals surface area contributed by atoms with Gasteiger partial charge in [0.2, 0.25) is 11.7 Å². The third-order valence-corrected chi connectivity index (χ3v) is 6.93. The lowest BCUT2D eigenvalue weighted by Crippen LogP contribution is -2.44. The van der Waals surface area contributed by atoms with Crippen molar-refractivity contribution in [3.63, 3.8) is 0 Å². The first-order valence-electron chi connectivity index (χ1n) is 12.0. The number of hydrogen-bond donors (Lipinski definition) is 1. The second-order valence-electron chi connectivity index (χ2n) is 9.02. The molecule has 3 heterocycles. The fourth-order valence-corrected chi connectivity index (χ4v) is 4.65. The summed E-state index contributed by atoms with van der Waals surface area (Å²) in [6.45, 7) is 2.14.